The van der Waals surface area contributed by atoms with Gasteiger partial charge in [-0.25, -0.2) is 9.18 Å². The minimum atomic E-state index is -1.03. The molecule has 1 N–H and O–H groups in total. The zero-order chi connectivity index (χ0) is 26.5. The van der Waals surface area contributed by atoms with Gasteiger partial charge in [0.05, 0.1) is 12.2 Å². The first-order chi connectivity index (χ1) is 18.0. The summed E-state index contributed by atoms with van der Waals surface area (Å²) in [6.45, 7) is 4.97. The number of aromatic carboxylic acids is 1. The lowest BCUT2D eigenvalue weighted by molar-refractivity contribution is 0.0697. The molecule has 3 rings (SSSR count). The summed E-state index contributed by atoms with van der Waals surface area (Å²) in [6.07, 6.45) is 12.9. The van der Waals surface area contributed by atoms with Crippen molar-refractivity contribution in [3.63, 3.8) is 0 Å². The molecule has 3 aromatic rings. The van der Waals surface area contributed by atoms with Gasteiger partial charge in [0.25, 0.3) is 0 Å². The Labute approximate surface area is 221 Å². The molecular weight excluding hydrogens is 463 g/mol. The van der Waals surface area contributed by atoms with Crippen LogP contribution in [0.5, 0.6) is 5.75 Å². The van der Waals surface area contributed by atoms with Crippen molar-refractivity contribution in [2.45, 2.75) is 84.5 Å². The summed E-state index contributed by atoms with van der Waals surface area (Å²) in [5.74, 6) is -0.957. The van der Waals surface area contributed by atoms with Crippen molar-refractivity contribution >= 4 is 5.97 Å². The number of aryl methyl sites for hydroxylation is 1. The monoisotopic (exact) mass is 504 g/mol. The van der Waals surface area contributed by atoms with E-state index in [0.717, 1.165) is 30.4 Å². The standard InChI is InChI=1S/C33H41FO3/c1-3-5-7-9-11-13-25-14-16-26(17-15-25)29-20-18-27(33(35)36)23-31(29)30-21-19-28(24-32(30)34)37-22-12-10-8-6-4-2/h14-21,23-24H,3-13,22H2,1-2H3,(H,35,36). The van der Waals surface area contributed by atoms with Gasteiger partial charge in [-0.1, -0.05) is 95.5 Å². The zero-order valence-electron chi connectivity index (χ0n) is 22.4. The molecule has 0 spiro atoms. The van der Waals surface area contributed by atoms with Gasteiger partial charge in [0.2, 0.25) is 0 Å². The maximum Gasteiger partial charge on any atom is 0.335 e. The van der Waals surface area contributed by atoms with Gasteiger partial charge >= 0.3 is 5.97 Å². The van der Waals surface area contributed by atoms with E-state index in [2.05, 4.69) is 38.1 Å². The number of halogens is 1. The van der Waals surface area contributed by atoms with Crippen molar-refractivity contribution in [3.8, 4) is 28.0 Å². The molecule has 0 unspecified atom stereocenters. The van der Waals surface area contributed by atoms with Gasteiger partial charge in [-0.2, -0.15) is 0 Å². The number of carboxylic acid groups (broad SMARTS) is 1. The number of carboxylic acids is 1. The van der Waals surface area contributed by atoms with Gasteiger partial charge in [-0.3, -0.25) is 0 Å². The van der Waals surface area contributed by atoms with Crippen molar-refractivity contribution in [2.24, 2.45) is 0 Å². The van der Waals surface area contributed by atoms with Crippen LogP contribution in [0.15, 0.2) is 60.7 Å². The average Bonchev–Trinajstić information content (AvgIpc) is 2.91. The largest absolute Gasteiger partial charge is 0.493 e. The third-order valence-electron chi connectivity index (χ3n) is 6.85. The van der Waals surface area contributed by atoms with Crippen LogP contribution in [0.1, 0.15) is 94.0 Å². The van der Waals surface area contributed by atoms with E-state index in [0.29, 0.717) is 23.5 Å². The first kappa shape index (κ1) is 28.4. The zero-order valence-corrected chi connectivity index (χ0v) is 22.4. The van der Waals surface area contributed by atoms with Gasteiger partial charge in [0.15, 0.2) is 0 Å². The Morgan fingerprint density at radius 2 is 1.38 bits per heavy atom. The van der Waals surface area contributed by atoms with E-state index >= 15 is 4.39 Å². The lowest BCUT2D eigenvalue weighted by atomic mass is 9.91. The Hall–Kier alpha value is -3.14. The summed E-state index contributed by atoms with van der Waals surface area (Å²) in [5.41, 5.74) is 4.10. The molecule has 0 saturated carbocycles. The summed E-state index contributed by atoms with van der Waals surface area (Å²) in [4.78, 5) is 11.7. The quantitative estimate of drug-likeness (QED) is 0.197. The van der Waals surface area contributed by atoms with Crippen molar-refractivity contribution in [2.75, 3.05) is 6.61 Å². The third-order valence-corrected chi connectivity index (χ3v) is 6.85. The van der Waals surface area contributed by atoms with Crippen LogP contribution in [0.25, 0.3) is 22.3 Å². The van der Waals surface area contributed by atoms with E-state index in [1.807, 2.05) is 0 Å². The fraction of sp³-hybridized carbons (Fsp3) is 0.424. The molecule has 0 aliphatic carbocycles. The molecule has 198 valence electrons. The summed E-state index contributed by atoms with van der Waals surface area (Å²) in [5, 5.41) is 9.56. The van der Waals surface area contributed by atoms with Crippen LogP contribution >= 0.6 is 0 Å². The molecule has 3 aromatic carbocycles. The Morgan fingerprint density at radius 1 is 0.730 bits per heavy atom. The van der Waals surface area contributed by atoms with Gasteiger partial charge in [-0.05, 0) is 65.8 Å². The van der Waals surface area contributed by atoms with Crippen LogP contribution in [-0.4, -0.2) is 17.7 Å². The molecule has 0 heterocycles. The van der Waals surface area contributed by atoms with Gasteiger partial charge in [-0.15, -0.1) is 0 Å². The Kier molecular flexibility index (Phi) is 11.7. The Bertz CT molecular complexity index is 1120. The van der Waals surface area contributed by atoms with E-state index in [-0.39, 0.29) is 5.56 Å². The Balaban J connectivity index is 1.78. The number of carbonyl (C=O) groups is 1. The number of hydrogen-bond donors (Lipinski definition) is 1. The molecule has 0 aromatic heterocycles. The predicted octanol–water partition coefficient (Wildman–Crippen LogP) is 9.72. The van der Waals surface area contributed by atoms with Crippen LogP contribution in [0.4, 0.5) is 4.39 Å². The van der Waals surface area contributed by atoms with Crippen molar-refractivity contribution in [1.82, 2.24) is 0 Å². The van der Waals surface area contributed by atoms with Crippen molar-refractivity contribution in [1.29, 1.82) is 0 Å². The highest BCUT2D eigenvalue weighted by atomic mass is 19.1. The summed E-state index contributed by atoms with van der Waals surface area (Å²) in [7, 11) is 0. The number of rotatable bonds is 16. The van der Waals surface area contributed by atoms with Gasteiger partial charge < -0.3 is 9.84 Å². The molecule has 0 amide bonds. The lowest BCUT2D eigenvalue weighted by Crippen LogP contribution is -2.00. The van der Waals surface area contributed by atoms with Crippen LogP contribution < -0.4 is 4.74 Å². The van der Waals surface area contributed by atoms with Crippen LogP contribution in [0.2, 0.25) is 0 Å². The molecule has 37 heavy (non-hydrogen) atoms. The average molecular weight is 505 g/mol. The molecule has 3 nitrogen and oxygen atoms in total. The summed E-state index contributed by atoms with van der Waals surface area (Å²) < 4.78 is 21.1. The first-order valence-corrected chi connectivity index (χ1v) is 13.9. The SMILES string of the molecule is CCCCCCCOc1ccc(-c2cc(C(=O)O)ccc2-c2ccc(CCCCCCC)cc2)c(F)c1. The predicted molar refractivity (Wildman–Crippen MR) is 151 cm³/mol. The van der Waals surface area contributed by atoms with Crippen LogP contribution in [0, 0.1) is 5.82 Å². The maximum atomic E-state index is 15.3. The topological polar surface area (TPSA) is 46.5 Å². The minimum absolute atomic E-state index is 0.134. The van der Waals surface area contributed by atoms with Crippen LogP contribution in [-0.2, 0) is 6.42 Å². The molecule has 0 radical (unpaired) electrons. The highest BCUT2D eigenvalue weighted by Gasteiger charge is 2.16. The molecule has 0 fully saturated rings. The van der Waals surface area contributed by atoms with Crippen molar-refractivity contribution in [3.05, 3.63) is 77.6 Å². The highest BCUT2D eigenvalue weighted by Crippen LogP contribution is 2.36. The highest BCUT2D eigenvalue weighted by molar-refractivity contribution is 5.93. The minimum Gasteiger partial charge on any atom is -0.493 e. The second-order valence-corrected chi connectivity index (χ2v) is 9.83. The van der Waals surface area contributed by atoms with E-state index in [1.54, 1.807) is 30.3 Å². The van der Waals surface area contributed by atoms with Crippen LogP contribution in [0.3, 0.4) is 0 Å². The number of benzene rings is 3. The molecular formula is C33H41FO3. The number of unbranched alkanes of at least 4 members (excludes halogenated alkanes) is 8. The molecule has 0 saturated heterocycles. The summed E-state index contributed by atoms with van der Waals surface area (Å²) >= 11 is 0. The summed E-state index contributed by atoms with van der Waals surface area (Å²) in [6, 6.07) is 18.1. The third kappa shape index (κ3) is 8.73. The van der Waals surface area contributed by atoms with Crippen molar-refractivity contribution < 1.29 is 19.0 Å². The van der Waals surface area contributed by atoms with Gasteiger partial charge in [0, 0.05) is 11.6 Å². The first-order valence-electron chi connectivity index (χ1n) is 13.9. The number of ether oxygens (including phenoxy) is 1. The van der Waals surface area contributed by atoms with Gasteiger partial charge in [0.1, 0.15) is 11.6 Å². The molecule has 0 aliphatic heterocycles. The molecule has 0 atom stereocenters. The molecule has 4 heteroatoms. The molecule has 0 aliphatic rings. The molecule has 0 bridgehead atoms. The fourth-order valence-electron chi connectivity index (χ4n) is 4.64. The normalized spacial score (nSPS) is 11.0. The smallest absolute Gasteiger partial charge is 0.335 e. The van der Waals surface area contributed by atoms with E-state index in [9.17, 15) is 9.90 Å². The number of hydrogen-bond acceptors (Lipinski definition) is 2. The lowest BCUT2D eigenvalue weighted by Gasteiger charge is -2.14. The second-order valence-electron chi connectivity index (χ2n) is 9.83. The second kappa shape index (κ2) is 15.2. The van der Waals surface area contributed by atoms with E-state index in [1.165, 1.54) is 63.0 Å². The maximum absolute atomic E-state index is 15.3. The van der Waals surface area contributed by atoms with E-state index in [4.69, 9.17) is 4.74 Å². The fourth-order valence-corrected chi connectivity index (χ4v) is 4.64. The van der Waals surface area contributed by atoms with E-state index < -0.39 is 11.8 Å². The Morgan fingerprint density at radius 3 is 2.03 bits per heavy atom.